The van der Waals surface area contributed by atoms with Crippen molar-refractivity contribution in [2.45, 2.75) is 26.3 Å². The minimum Gasteiger partial charge on any atom is -0.335 e. The van der Waals surface area contributed by atoms with Crippen LogP contribution in [0, 0.1) is 0 Å². The van der Waals surface area contributed by atoms with Crippen LogP contribution in [0.4, 0.5) is 0 Å². The molecule has 2 N–H and O–H groups in total. The SMILES string of the molecule is CCCN[C@@H](C)c1ncc(Br)[nH]1. The molecule has 12 heavy (non-hydrogen) atoms. The fourth-order valence-corrected chi connectivity index (χ4v) is 1.30. The van der Waals surface area contributed by atoms with Gasteiger partial charge in [0.1, 0.15) is 10.4 Å². The summed E-state index contributed by atoms with van der Waals surface area (Å²) in [4.78, 5) is 7.33. The molecule has 0 aliphatic rings. The number of hydrogen-bond acceptors (Lipinski definition) is 2. The molecule has 0 aliphatic heterocycles. The Kier molecular flexibility index (Phi) is 3.75. The third-order valence-electron chi connectivity index (χ3n) is 1.68. The lowest BCUT2D eigenvalue weighted by molar-refractivity contribution is 0.548. The lowest BCUT2D eigenvalue weighted by Crippen LogP contribution is -2.20. The van der Waals surface area contributed by atoms with E-state index in [2.05, 4.69) is 45.1 Å². The number of hydrogen-bond donors (Lipinski definition) is 2. The summed E-state index contributed by atoms with van der Waals surface area (Å²) in [7, 11) is 0. The van der Waals surface area contributed by atoms with Crippen LogP contribution in [-0.2, 0) is 0 Å². The van der Waals surface area contributed by atoms with E-state index in [1.807, 2.05) is 0 Å². The van der Waals surface area contributed by atoms with E-state index in [1.54, 1.807) is 6.20 Å². The van der Waals surface area contributed by atoms with Gasteiger partial charge in [-0.25, -0.2) is 4.98 Å². The molecule has 0 fully saturated rings. The minimum absolute atomic E-state index is 0.302. The van der Waals surface area contributed by atoms with Gasteiger partial charge in [-0.3, -0.25) is 0 Å². The summed E-state index contributed by atoms with van der Waals surface area (Å²) in [6, 6.07) is 0.302. The Hall–Kier alpha value is -0.350. The van der Waals surface area contributed by atoms with Crippen LogP contribution in [0.25, 0.3) is 0 Å². The predicted molar refractivity (Wildman–Crippen MR) is 53.0 cm³/mol. The third-order valence-corrected chi connectivity index (χ3v) is 2.08. The second kappa shape index (κ2) is 4.62. The van der Waals surface area contributed by atoms with Crippen molar-refractivity contribution in [3.63, 3.8) is 0 Å². The van der Waals surface area contributed by atoms with E-state index in [4.69, 9.17) is 0 Å². The molecule has 1 rings (SSSR count). The van der Waals surface area contributed by atoms with Crippen LogP contribution in [0.5, 0.6) is 0 Å². The van der Waals surface area contributed by atoms with Crippen LogP contribution in [-0.4, -0.2) is 16.5 Å². The lowest BCUT2D eigenvalue weighted by Gasteiger charge is -2.09. The molecule has 0 amide bonds. The van der Waals surface area contributed by atoms with Crippen LogP contribution in [0.2, 0.25) is 0 Å². The summed E-state index contributed by atoms with van der Waals surface area (Å²) in [5, 5.41) is 3.35. The summed E-state index contributed by atoms with van der Waals surface area (Å²) in [5.74, 6) is 0.982. The van der Waals surface area contributed by atoms with Gasteiger partial charge in [0.15, 0.2) is 0 Å². The summed E-state index contributed by atoms with van der Waals surface area (Å²) in [6.45, 7) is 5.28. The van der Waals surface area contributed by atoms with Crippen molar-refractivity contribution in [2.75, 3.05) is 6.54 Å². The number of H-pyrrole nitrogens is 1. The zero-order valence-corrected chi connectivity index (χ0v) is 8.98. The topological polar surface area (TPSA) is 40.7 Å². The Bertz CT molecular complexity index is 234. The molecule has 0 aromatic carbocycles. The van der Waals surface area contributed by atoms with Gasteiger partial charge in [-0.15, -0.1) is 0 Å². The Morgan fingerprint density at radius 2 is 2.50 bits per heavy atom. The van der Waals surface area contributed by atoms with E-state index >= 15 is 0 Å². The van der Waals surface area contributed by atoms with Gasteiger partial charge in [0, 0.05) is 0 Å². The number of nitrogens with one attached hydrogen (secondary N) is 2. The summed E-state index contributed by atoms with van der Waals surface area (Å²) in [6.07, 6.45) is 2.92. The van der Waals surface area contributed by atoms with E-state index in [0.717, 1.165) is 23.4 Å². The minimum atomic E-state index is 0.302. The first-order valence-corrected chi connectivity index (χ1v) is 4.97. The Balaban J connectivity index is 2.47. The highest BCUT2D eigenvalue weighted by Crippen LogP contribution is 2.11. The molecule has 1 heterocycles. The van der Waals surface area contributed by atoms with E-state index in [9.17, 15) is 0 Å². The molecule has 68 valence electrons. The Morgan fingerprint density at radius 1 is 1.75 bits per heavy atom. The van der Waals surface area contributed by atoms with Crippen LogP contribution in [0.3, 0.4) is 0 Å². The predicted octanol–water partition coefficient (Wildman–Crippen LogP) is 2.23. The molecule has 1 atom stereocenters. The van der Waals surface area contributed by atoms with Gasteiger partial charge < -0.3 is 10.3 Å². The number of aromatic amines is 1. The first-order valence-electron chi connectivity index (χ1n) is 4.17. The molecule has 0 saturated heterocycles. The van der Waals surface area contributed by atoms with E-state index in [-0.39, 0.29) is 0 Å². The Morgan fingerprint density at radius 3 is 3.00 bits per heavy atom. The molecule has 1 aromatic heterocycles. The van der Waals surface area contributed by atoms with Crippen LogP contribution in [0.15, 0.2) is 10.8 Å². The molecule has 0 spiro atoms. The average molecular weight is 232 g/mol. The molecule has 0 bridgehead atoms. The van der Waals surface area contributed by atoms with Gasteiger partial charge in [-0.05, 0) is 35.8 Å². The van der Waals surface area contributed by atoms with Crippen molar-refractivity contribution in [3.05, 3.63) is 16.6 Å². The molecule has 0 saturated carbocycles. The number of aromatic nitrogens is 2. The summed E-state index contributed by atoms with van der Waals surface area (Å²) in [5.41, 5.74) is 0. The molecule has 3 nitrogen and oxygen atoms in total. The van der Waals surface area contributed by atoms with Crippen LogP contribution in [0.1, 0.15) is 32.1 Å². The first kappa shape index (κ1) is 9.74. The van der Waals surface area contributed by atoms with Crippen molar-refractivity contribution in [1.29, 1.82) is 0 Å². The summed E-state index contributed by atoms with van der Waals surface area (Å²) >= 11 is 3.32. The van der Waals surface area contributed by atoms with E-state index in [0.29, 0.717) is 6.04 Å². The first-order chi connectivity index (χ1) is 5.74. The normalized spacial score (nSPS) is 13.2. The van der Waals surface area contributed by atoms with Crippen molar-refractivity contribution < 1.29 is 0 Å². The van der Waals surface area contributed by atoms with Gasteiger partial charge in [0.05, 0.1) is 12.2 Å². The second-order valence-electron chi connectivity index (χ2n) is 2.79. The maximum Gasteiger partial charge on any atom is 0.123 e. The number of nitrogens with zero attached hydrogens (tertiary/aromatic N) is 1. The van der Waals surface area contributed by atoms with Crippen molar-refractivity contribution >= 4 is 15.9 Å². The summed E-state index contributed by atoms with van der Waals surface area (Å²) < 4.78 is 0.933. The van der Waals surface area contributed by atoms with Gasteiger partial charge in [-0.2, -0.15) is 0 Å². The highest BCUT2D eigenvalue weighted by atomic mass is 79.9. The molecule has 0 unspecified atom stereocenters. The zero-order chi connectivity index (χ0) is 8.97. The maximum atomic E-state index is 4.20. The van der Waals surface area contributed by atoms with Crippen LogP contribution < -0.4 is 5.32 Å². The number of halogens is 1. The third kappa shape index (κ3) is 2.60. The van der Waals surface area contributed by atoms with E-state index < -0.39 is 0 Å². The smallest absolute Gasteiger partial charge is 0.123 e. The molecule has 1 aromatic rings. The molecule has 0 aliphatic carbocycles. The van der Waals surface area contributed by atoms with Crippen molar-refractivity contribution in [2.24, 2.45) is 0 Å². The highest BCUT2D eigenvalue weighted by Gasteiger charge is 2.06. The van der Waals surface area contributed by atoms with Crippen molar-refractivity contribution in [3.8, 4) is 0 Å². The zero-order valence-electron chi connectivity index (χ0n) is 7.39. The van der Waals surface area contributed by atoms with Gasteiger partial charge >= 0.3 is 0 Å². The largest absolute Gasteiger partial charge is 0.335 e. The van der Waals surface area contributed by atoms with Crippen LogP contribution >= 0.6 is 15.9 Å². The molecular formula is C8H14BrN3. The quantitative estimate of drug-likeness (QED) is 0.835. The average Bonchev–Trinajstić information content (AvgIpc) is 2.47. The number of imidazole rings is 1. The second-order valence-corrected chi connectivity index (χ2v) is 3.65. The van der Waals surface area contributed by atoms with Gasteiger partial charge in [0.2, 0.25) is 0 Å². The lowest BCUT2D eigenvalue weighted by atomic mass is 10.3. The standard InChI is InChI=1S/C8H14BrN3/c1-3-4-10-6(2)8-11-5-7(9)12-8/h5-6,10H,3-4H2,1-2H3,(H,11,12)/t6-/m0/s1. The number of rotatable bonds is 4. The fraction of sp³-hybridized carbons (Fsp3) is 0.625. The molecule has 4 heteroatoms. The van der Waals surface area contributed by atoms with E-state index in [1.165, 1.54) is 0 Å². The molecular weight excluding hydrogens is 218 g/mol. The monoisotopic (exact) mass is 231 g/mol. The Labute approximate surface area is 81.1 Å². The van der Waals surface area contributed by atoms with Gasteiger partial charge in [-0.1, -0.05) is 6.92 Å². The highest BCUT2D eigenvalue weighted by molar-refractivity contribution is 9.10. The maximum absolute atomic E-state index is 4.20. The van der Waals surface area contributed by atoms with Crippen molar-refractivity contribution in [1.82, 2.24) is 15.3 Å². The van der Waals surface area contributed by atoms with Gasteiger partial charge in [0.25, 0.3) is 0 Å². The fourth-order valence-electron chi connectivity index (χ4n) is 0.991. The molecule has 0 radical (unpaired) electrons.